The van der Waals surface area contributed by atoms with E-state index < -0.39 is 15.8 Å². The van der Waals surface area contributed by atoms with Crippen molar-refractivity contribution in [2.75, 3.05) is 5.75 Å². The quantitative estimate of drug-likeness (QED) is 0.309. The minimum Gasteiger partial charge on any atom is -0.481 e. The number of carboxylic acid groups (broad SMARTS) is 1. The van der Waals surface area contributed by atoms with E-state index in [4.69, 9.17) is 4.74 Å². The second-order valence-corrected chi connectivity index (χ2v) is 17.7. The van der Waals surface area contributed by atoms with Crippen molar-refractivity contribution in [3.05, 3.63) is 41.5 Å². The van der Waals surface area contributed by atoms with Gasteiger partial charge in [-0.25, -0.2) is 8.42 Å². The van der Waals surface area contributed by atoms with Crippen molar-refractivity contribution in [2.24, 2.45) is 52.3 Å². The van der Waals surface area contributed by atoms with Crippen LogP contribution in [-0.2, 0) is 19.4 Å². The zero-order valence-corrected chi connectivity index (χ0v) is 27.2. The SMILES string of the molecule is Cc1ccc(S(=O)(=O)CC(C)CC[C@H]2O[C@H]3C[C@H]4[C@@H]5CCC6CC(CC(=O)O)=CC[C@]6(C)[C@H]5CC[C@]4(C)[C@H]3[C@@H]2C)cc1. The van der Waals surface area contributed by atoms with Gasteiger partial charge in [-0.2, -0.15) is 0 Å². The third kappa shape index (κ3) is 5.21. The van der Waals surface area contributed by atoms with Crippen LogP contribution in [0.2, 0.25) is 0 Å². The van der Waals surface area contributed by atoms with E-state index in [1.165, 1.54) is 32.1 Å². The number of ether oxygens (including phenoxy) is 1. The first-order valence-electron chi connectivity index (χ1n) is 16.7. The standard InChI is InChI=1S/C36H52O5S/c1-22-6-10-27(11-7-22)42(39,40)21-23(2)8-13-31-24(3)34-32(41-31)20-30-28-12-9-26-18-25(19-33(37)38)14-16-35(26,4)29(28)15-17-36(30,34)5/h6-7,10-11,14,23-24,26,28-32,34H,8-9,12-13,15-21H2,1-5H3,(H,37,38)/t23?,24-,26?,28-,29+,30+,31-,32+,34+,35+,36+/m1/s1. The molecule has 1 heterocycles. The fraction of sp³-hybridized carbons (Fsp3) is 0.750. The van der Waals surface area contributed by atoms with Crippen molar-refractivity contribution in [3.63, 3.8) is 0 Å². The molecule has 6 heteroatoms. The van der Waals surface area contributed by atoms with Crippen LogP contribution in [0.15, 0.2) is 40.8 Å². The number of rotatable bonds is 8. The number of aliphatic carboxylic acids is 1. The van der Waals surface area contributed by atoms with Crippen LogP contribution < -0.4 is 0 Å². The molecule has 1 N–H and O–H groups in total. The molecule has 1 aromatic carbocycles. The van der Waals surface area contributed by atoms with Crippen LogP contribution in [0.25, 0.3) is 0 Å². The van der Waals surface area contributed by atoms with Crippen LogP contribution in [0.4, 0.5) is 0 Å². The number of allylic oxidation sites excluding steroid dienone is 1. The van der Waals surface area contributed by atoms with Crippen LogP contribution >= 0.6 is 0 Å². The molecule has 1 aliphatic heterocycles. The van der Waals surface area contributed by atoms with E-state index in [9.17, 15) is 18.3 Å². The maximum Gasteiger partial charge on any atom is 0.307 e. The highest BCUT2D eigenvalue weighted by Crippen LogP contribution is 2.70. The van der Waals surface area contributed by atoms with Gasteiger partial charge < -0.3 is 9.84 Å². The number of fused-ring (bicyclic) bond motifs is 7. The van der Waals surface area contributed by atoms with Gasteiger partial charge in [0.1, 0.15) is 0 Å². The van der Waals surface area contributed by atoms with Gasteiger partial charge in [0.2, 0.25) is 0 Å². The lowest BCUT2D eigenvalue weighted by molar-refractivity contribution is -0.136. The van der Waals surface area contributed by atoms with E-state index in [1.54, 1.807) is 12.1 Å². The van der Waals surface area contributed by atoms with E-state index >= 15 is 0 Å². The van der Waals surface area contributed by atoms with Gasteiger partial charge in [-0.05, 0) is 129 Å². The molecule has 2 unspecified atom stereocenters. The number of carbonyl (C=O) groups is 1. The Morgan fingerprint density at radius 3 is 2.55 bits per heavy atom. The predicted octanol–water partition coefficient (Wildman–Crippen LogP) is 7.87. The van der Waals surface area contributed by atoms with E-state index in [0.29, 0.717) is 39.6 Å². The molecule has 0 spiro atoms. The lowest BCUT2D eigenvalue weighted by Gasteiger charge is -2.60. The molecule has 5 nitrogen and oxygen atoms in total. The number of benzene rings is 1. The summed E-state index contributed by atoms with van der Waals surface area (Å²) in [7, 11) is -3.28. The van der Waals surface area contributed by atoms with E-state index in [0.717, 1.165) is 54.6 Å². The van der Waals surface area contributed by atoms with E-state index in [1.807, 2.05) is 19.1 Å². The molecule has 5 aliphatic rings. The predicted molar refractivity (Wildman–Crippen MR) is 166 cm³/mol. The molecule has 11 atom stereocenters. The van der Waals surface area contributed by atoms with Gasteiger partial charge in [0.05, 0.1) is 29.3 Å². The summed E-state index contributed by atoms with van der Waals surface area (Å²) >= 11 is 0. The Labute approximate surface area is 253 Å². The first-order valence-corrected chi connectivity index (χ1v) is 18.3. The molecule has 4 fully saturated rings. The molecule has 1 saturated heterocycles. The van der Waals surface area contributed by atoms with Gasteiger partial charge >= 0.3 is 5.97 Å². The highest BCUT2D eigenvalue weighted by molar-refractivity contribution is 7.91. The summed E-state index contributed by atoms with van der Waals surface area (Å²) in [4.78, 5) is 11.8. The largest absolute Gasteiger partial charge is 0.481 e. The highest BCUT2D eigenvalue weighted by Gasteiger charge is 2.65. The van der Waals surface area contributed by atoms with Crippen molar-refractivity contribution in [2.45, 2.75) is 116 Å². The Balaban J connectivity index is 1.08. The van der Waals surface area contributed by atoms with Crippen molar-refractivity contribution < 1.29 is 23.1 Å². The number of sulfone groups is 1. The summed E-state index contributed by atoms with van der Waals surface area (Å²) in [6.07, 6.45) is 13.2. The maximum atomic E-state index is 13.0. The summed E-state index contributed by atoms with van der Waals surface area (Å²) in [6.45, 7) is 11.6. The molecule has 6 rings (SSSR count). The van der Waals surface area contributed by atoms with Gasteiger partial charge in [0.25, 0.3) is 0 Å². The van der Waals surface area contributed by atoms with Crippen LogP contribution in [0.1, 0.15) is 97.5 Å². The van der Waals surface area contributed by atoms with Crippen LogP contribution in [0.5, 0.6) is 0 Å². The van der Waals surface area contributed by atoms with E-state index in [-0.39, 0.29) is 24.2 Å². The van der Waals surface area contributed by atoms with Crippen molar-refractivity contribution >= 4 is 15.8 Å². The van der Waals surface area contributed by atoms with Crippen LogP contribution in [0.3, 0.4) is 0 Å². The van der Waals surface area contributed by atoms with Gasteiger partial charge in [-0.1, -0.05) is 57.0 Å². The second kappa shape index (κ2) is 11.1. The minimum atomic E-state index is -3.28. The summed E-state index contributed by atoms with van der Waals surface area (Å²) < 4.78 is 32.9. The fourth-order valence-corrected chi connectivity index (χ4v) is 12.7. The smallest absolute Gasteiger partial charge is 0.307 e. The molecule has 0 aromatic heterocycles. The normalized spacial score (nSPS) is 41.7. The first kappa shape index (κ1) is 30.4. The average Bonchev–Trinajstić information content (AvgIpc) is 3.40. The van der Waals surface area contributed by atoms with Gasteiger partial charge in [-0.3, -0.25) is 4.79 Å². The Morgan fingerprint density at radius 2 is 1.83 bits per heavy atom. The lowest BCUT2D eigenvalue weighted by Crippen LogP contribution is -2.53. The molecule has 0 radical (unpaired) electrons. The Morgan fingerprint density at radius 1 is 1.10 bits per heavy atom. The average molecular weight is 597 g/mol. The maximum absolute atomic E-state index is 13.0. The highest BCUT2D eigenvalue weighted by atomic mass is 32.2. The first-order chi connectivity index (χ1) is 19.8. The summed E-state index contributed by atoms with van der Waals surface area (Å²) in [5, 5.41) is 9.34. The van der Waals surface area contributed by atoms with Gasteiger partial charge in [0, 0.05) is 0 Å². The zero-order chi connectivity index (χ0) is 30.0. The number of aryl methyl sites for hydroxylation is 1. The summed E-state index contributed by atoms with van der Waals surface area (Å²) in [5.41, 5.74) is 2.84. The molecule has 4 aliphatic carbocycles. The second-order valence-electron chi connectivity index (χ2n) is 15.7. The minimum absolute atomic E-state index is 0.0998. The third-order valence-corrected chi connectivity index (χ3v) is 15.2. The fourth-order valence-electron chi connectivity index (χ4n) is 11.1. The Bertz CT molecular complexity index is 1320. The molecule has 1 aromatic rings. The number of hydrogen-bond acceptors (Lipinski definition) is 4. The Hall–Kier alpha value is -1.66. The summed E-state index contributed by atoms with van der Waals surface area (Å²) in [5.74, 6) is 3.53. The monoisotopic (exact) mass is 596 g/mol. The topological polar surface area (TPSA) is 80.7 Å². The molecule has 3 saturated carbocycles. The lowest BCUT2D eigenvalue weighted by atomic mass is 9.44. The van der Waals surface area contributed by atoms with E-state index in [2.05, 4.69) is 33.8 Å². The van der Waals surface area contributed by atoms with Crippen molar-refractivity contribution in [1.82, 2.24) is 0 Å². The number of hydrogen-bond donors (Lipinski definition) is 1. The van der Waals surface area contributed by atoms with Gasteiger partial charge in [-0.15, -0.1) is 0 Å². The van der Waals surface area contributed by atoms with Crippen molar-refractivity contribution in [1.29, 1.82) is 0 Å². The third-order valence-electron chi connectivity index (χ3n) is 13.2. The Kier molecular flexibility index (Phi) is 7.99. The van der Waals surface area contributed by atoms with Crippen LogP contribution in [0, 0.1) is 59.2 Å². The molecule has 0 bridgehead atoms. The van der Waals surface area contributed by atoms with Crippen LogP contribution in [-0.4, -0.2) is 37.5 Å². The van der Waals surface area contributed by atoms with Crippen molar-refractivity contribution in [3.8, 4) is 0 Å². The molecular formula is C36H52O5S. The summed E-state index contributed by atoms with van der Waals surface area (Å²) in [6, 6.07) is 7.23. The molecule has 42 heavy (non-hydrogen) atoms. The molecular weight excluding hydrogens is 544 g/mol. The zero-order valence-electron chi connectivity index (χ0n) is 26.3. The number of carboxylic acids is 1. The molecule has 232 valence electrons. The molecule has 0 amide bonds. The van der Waals surface area contributed by atoms with Gasteiger partial charge in [0.15, 0.2) is 9.84 Å².